The van der Waals surface area contributed by atoms with E-state index in [4.69, 9.17) is 0 Å². The zero-order valence-corrected chi connectivity index (χ0v) is 19.9. The van der Waals surface area contributed by atoms with Crippen molar-refractivity contribution in [3.05, 3.63) is 82.0 Å². The van der Waals surface area contributed by atoms with E-state index in [1.165, 1.54) is 11.8 Å². The molecule has 2 N–H and O–H groups in total. The lowest BCUT2D eigenvalue weighted by Crippen LogP contribution is -2.37. The first-order valence-corrected chi connectivity index (χ1v) is 11.7. The van der Waals surface area contributed by atoms with Gasteiger partial charge in [-0.25, -0.2) is 4.39 Å². The smallest absolute Gasteiger partial charge is 0.267 e. The van der Waals surface area contributed by atoms with Crippen LogP contribution >= 0.6 is 11.8 Å². The molecule has 2 heterocycles. The molecule has 1 aliphatic carbocycles. The normalized spacial score (nSPS) is 18.6. The van der Waals surface area contributed by atoms with E-state index in [2.05, 4.69) is 33.7 Å². The van der Waals surface area contributed by atoms with Gasteiger partial charge in [0.15, 0.2) is 0 Å². The van der Waals surface area contributed by atoms with Crippen LogP contribution in [0.3, 0.4) is 0 Å². The van der Waals surface area contributed by atoms with Crippen molar-refractivity contribution in [2.45, 2.75) is 51.7 Å². The van der Waals surface area contributed by atoms with Crippen LogP contribution in [0.4, 0.5) is 4.39 Å². The first-order chi connectivity index (χ1) is 15.3. The molecule has 1 aliphatic heterocycles. The molecule has 0 radical (unpaired) electrons. The number of hydrogen-bond acceptors (Lipinski definition) is 4. The number of nitrogens with one attached hydrogen (secondary N) is 2. The second-order valence-corrected chi connectivity index (χ2v) is 9.29. The fraction of sp³-hybridized carbons (Fsp3) is 0.385. The van der Waals surface area contributed by atoms with Gasteiger partial charge >= 0.3 is 0 Å². The van der Waals surface area contributed by atoms with Gasteiger partial charge in [-0.15, -0.1) is 11.5 Å². The van der Waals surface area contributed by atoms with Gasteiger partial charge in [-0.2, -0.15) is 0 Å². The predicted octanol–water partition coefficient (Wildman–Crippen LogP) is 5.78. The second-order valence-electron chi connectivity index (χ2n) is 8.20. The summed E-state index contributed by atoms with van der Waals surface area (Å²) in [5, 5.41) is 6.04. The van der Waals surface area contributed by atoms with Gasteiger partial charge < -0.3 is 10.6 Å². The summed E-state index contributed by atoms with van der Waals surface area (Å²) in [4.78, 5) is 18.9. The Kier molecular flexibility index (Phi) is 7.63. The number of pyridine rings is 1. The molecule has 6 heteroatoms. The second kappa shape index (κ2) is 10.2. The largest absolute Gasteiger partial charge is 0.384 e. The molecule has 0 saturated heterocycles. The Morgan fingerprint density at radius 1 is 1.56 bits per heavy atom. The lowest BCUT2D eigenvalue weighted by atomic mass is 9.99. The van der Waals surface area contributed by atoms with Crippen LogP contribution in [0.2, 0.25) is 0 Å². The Morgan fingerprint density at radius 3 is 2.94 bits per heavy atom. The van der Waals surface area contributed by atoms with Crippen molar-refractivity contribution >= 4 is 22.6 Å². The van der Waals surface area contributed by atoms with Gasteiger partial charge in [0.2, 0.25) is 0 Å². The van der Waals surface area contributed by atoms with Crippen LogP contribution in [-0.4, -0.2) is 24.0 Å². The summed E-state index contributed by atoms with van der Waals surface area (Å²) in [5.41, 5.74) is 7.43. The molecule has 3 rings (SSSR count). The molecule has 1 aromatic heterocycles. The number of thioether (sulfide) groups is 1. The van der Waals surface area contributed by atoms with E-state index < -0.39 is 5.67 Å². The molecule has 2 atom stereocenters. The van der Waals surface area contributed by atoms with Crippen LogP contribution in [0.1, 0.15) is 52.7 Å². The van der Waals surface area contributed by atoms with E-state index in [0.29, 0.717) is 23.7 Å². The molecule has 2 aliphatic rings. The monoisotopic (exact) mass is 453 g/mol. The first kappa shape index (κ1) is 23.9. The van der Waals surface area contributed by atoms with Crippen LogP contribution in [0.5, 0.6) is 0 Å². The van der Waals surface area contributed by atoms with Gasteiger partial charge in [0.1, 0.15) is 11.4 Å². The maximum atomic E-state index is 14.7. The Balaban J connectivity index is 0.00000385. The van der Waals surface area contributed by atoms with Crippen molar-refractivity contribution in [3.8, 4) is 0 Å². The number of rotatable bonds is 9. The van der Waals surface area contributed by atoms with E-state index in [1.807, 2.05) is 31.2 Å². The van der Waals surface area contributed by atoms with Gasteiger partial charge in [-0.1, -0.05) is 25.3 Å². The van der Waals surface area contributed by atoms with Crippen molar-refractivity contribution < 1.29 is 10.6 Å². The number of halogens is 1. The van der Waals surface area contributed by atoms with Crippen molar-refractivity contribution in [1.82, 2.24) is 15.6 Å². The Morgan fingerprint density at radius 2 is 2.31 bits per heavy atom. The summed E-state index contributed by atoms with van der Waals surface area (Å²) >= 11 is 1.52. The summed E-state index contributed by atoms with van der Waals surface area (Å²) in [7, 11) is 1.73. The minimum atomic E-state index is -1.48. The average molecular weight is 454 g/mol. The lowest BCUT2D eigenvalue weighted by molar-refractivity contribution is -0.118. The topological polar surface area (TPSA) is 54.0 Å². The third kappa shape index (κ3) is 5.72. The predicted molar refractivity (Wildman–Crippen MR) is 132 cm³/mol. The summed E-state index contributed by atoms with van der Waals surface area (Å²) in [6.07, 6.45) is 9.82. The molecule has 32 heavy (non-hydrogen) atoms. The highest BCUT2D eigenvalue weighted by atomic mass is 32.2. The van der Waals surface area contributed by atoms with Crippen molar-refractivity contribution in [2.75, 3.05) is 7.05 Å². The molecular formula is C26H32FN3OS. The highest BCUT2D eigenvalue weighted by Crippen LogP contribution is 2.39. The Labute approximate surface area is 195 Å². The van der Waals surface area contributed by atoms with Crippen LogP contribution < -0.4 is 10.6 Å². The van der Waals surface area contributed by atoms with Gasteiger partial charge in [0.25, 0.3) is 5.91 Å². The number of amides is 1. The van der Waals surface area contributed by atoms with E-state index in [0.717, 1.165) is 33.8 Å². The molecule has 1 saturated carbocycles. The van der Waals surface area contributed by atoms with Gasteiger partial charge in [0.05, 0.1) is 16.6 Å². The first-order valence-electron chi connectivity index (χ1n) is 10.9. The molecule has 1 fully saturated rings. The zero-order valence-electron chi connectivity index (χ0n) is 19.1. The number of carbonyl (C=O) groups excluding carboxylic acids is 1. The summed E-state index contributed by atoms with van der Waals surface area (Å²) in [6, 6.07) is 3.42. The molecule has 170 valence electrons. The highest BCUT2D eigenvalue weighted by Gasteiger charge is 2.27. The van der Waals surface area contributed by atoms with Crippen molar-refractivity contribution in [1.29, 1.82) is 0 Å². The SMILES string of the molecule is C=C=C(/C=C(\NC)C(=O)NC(C)C1=CC=C=C(c2ccnc(C(C)(F)CC)c2)S1)C1CC1.[HH]. The number of aromatic nitrogens is 1. The minimum Gasteiger partial charge on any atom is -0.384 e. The molecule has 1 aromatic rings. The van der Waals surface area contributed by atoms with Crippen LogP contribution in [0.15, 0.2) is 70.8 Å². The number of alkyl halides is 1. The molecular weight excluding hydrogens is 421 g/mol. The number of carbonyl (C=O) groups is 1. The van der Waals surface area contributed by atoms with Gasteiger partial charge in [-0.3, -0.25) is 9.78 Å². The highest BCUT2D eigenvalue weighted by molar-refractivity contribution is 8.11. The molecule has 2 unspecified atom stereocenters. The summed E-state index contributed by atoms with van der Waals surface area (Å²) in [5.74, 6) is 0.275. The maximum absolute atomic E-state index is 14.7. The van der Waals surface area contributed by atoms with Gasteiger partial charge in [0, 0.05) is 19.6 Å². The van der Waals surface area contributed by atoms with E-state index in [9.17, 15) is 9.18 Å². The van der Waals surface area contributed by atoms with Crippen LogP contribution in [-0.2, 0) is 10.5 Å². The van der Waals surface area contributed by atoms with E-state index >= 15 is 0 Å². The third-order valence-electron chi connectivity index (χ3n) is 5.71. The van der Waals surface area contributed by atoms with Crippen LogP contribution in [0, 0.1) is 5.92 Å². The van der Waals surface area contributed by atoms with Crippen molar-refractivity contribution in [2.24, 2.45) is 5.92 Å². The molecule has 4 nitrogen and oxygen atoms in total. The van der Waals surface area contributed by atoms with Gasteiger partial charge in [-0.05, 0) is 80.5 Å². The quantitative estimate of drug-likeness (QED) is 0.283. The molecule has 1 amide bonds. The van der Waals surface area contributed by atoms with E-state index in [1.54, 1.807) is 33.2 Å². The third-order valence-corrected chi connectivity index (χ3v) is 6.99. The fourth-order valence-corrected chi connectivity index (χ4v) is 4.23. The van der Waals surface area contributed by atoms with Crippen LogP contribution in [0.25, 0.3) is 4.91 Å². The zero-order chi connectivity index (χ0) is 23.3. The minimum absolute atomic E-state index is 0. The lowest BCUT2D eigenvalue weighted by Gasteiger charge is -2.21. The Bertz CT molecular complexity index is 1070. The molecule has 0 spiro atoms. The summed E-state index contributed by atoms with van der Waals surface area (Å²) in [6.45, 7) is 9.04. The van der Waals surface area contributed by atoms with Crippen molar-refractivity contribution in [3.63, 3.8) is 0 Å². The standard InChI is InChI=1S/C26H30FN3OS.H2/c1-6-18(19-11-12-19)15-21(28-5)25(31)30-17(3)22-9-8-10-23(32-22)20-13-14-29-24(16-20)26(4,27)7-2;/h8-9,13-17,19,28H,1,7,11-12H2,2-5H3,(H,30,31);1H/b21-15-;. The molecule has 0 bridgehead atoms. The van der Waals surface area contributed by atoms with E-state index in [-0.39, 0.29) is 13.4 Å². The number of allylic oxidation sites excluding steroid dienone is 4. The number of likely N-dealkylation sites (N-methyl/N-ethyl adjacent to an activating group) is 1. The Hall–Kier alpha value is -2.78. The maximum Gasteiger partial charge on any atom is 0.267 e. The fourth-order valence-electron chi connectivity index (χ4n) is 3.25. The number of hydrogen-bond donors (Lipinski definition) is 2. The summed E-state index contributed by atoms with van der Waals surface area (Å²) < 4.78 is 14.7. The number of nitrogens with zero attached hydrogens (tertiary/aromatic N) is 1. The average Bonchev–Trinajstić information content (AvgIpc) is 3.65. The molecule has 0 aromatic carbocycles.